The van der Waals surface area contributed by atoms with Gasteiger partial charge in [0.2, 0.25) is 0 Å². The van der Waals surface area contributed by atoms with Gasteiger partial charge >= 0.3 is 23.9 Å². The Hall–Kier alpha value is -6.26. The maximum absolute atomic E-state index is 12.7. The second kappa shape index (κ2) is 15.3. The molecule has 0 aliphatic carbocycles. The molecule has 10 nitrogen and oxygen atoms in total. The maximum atomic E-state index is 12.7. The van der Waals surface area contributed by atoms with Crippen LogP contribution in [0.5, 0.6) is 23.0 Å². The van der Waals surface area contributed by atoms with Crippen LogP contribution in [0.3, 0.4) is 0 Å². The van der Waals surface area contributed by atoms with Crippen molar-refractivity contribution in [2.75, 3.05) is 38.1 Å². The maximum Gasteiger partial charge on any atom is 0.343 e. The van der Waals surface area contributed by atoms with Crippen molar-refractivity contribution >= 4 is 29.6 Å². The predicted octanol–water partition coefficient (Wildman–Crippen LogP) is 6.62. The molecule has 6 rings (SSSR count). The molecule has 0 spiro atoms. The number of hydrogen-bond acceptors (Lipinski definition) is 10. The summed E-state index contributed by atoms with van der Waals surface area (Å²) in [4.78, 5) is 55.0. The third-order valence-corrected chi connectivity index (χ3v) is 8.10. The van der Waals surface area contributed by atoms with Gasteiger partial charge in [0.1, 0.15) is 23.0 Å². The van der Waals surface area contributed by atoms with Crippen molar-refractivity contribution in [2.45, 2.75) is 6.92 Å². The van der Waals surface area contributed by atoms with Crippen LogP contribution in [0.15, 0.2) is 121 Å². The molecule has 1 saturated heterocycles. The number of nitrogens with zero attached hydrogens (tertiary/aromatic N) is 2. The molecule has 0 saturated carbocycles. The fourth-order valence-electron chi connectivity index (χ4n) is 5.12. The largest absolute Gasteiger partial charge is 0.423 e. The number of esters is 4. The van der Waals surface area contributed by atoms with Crippen molar-refractivity contribution in [1.82, 2.24) is 4.90 Å². The zero-order chi connectivity index (χ0) is 35.0. The quantitative estimate of drug-likeness (QED) is 0.125. The highest BCUT2D eigenvalue weighted by Crippen LogP contribution is 2.23. The zero-order valence-electron chi connectivity index (χ0n) is 27.5. The number of carbonyl (C=O) groups excluding carboxylic acids is 4. The Morgan fingerprint density at radius 3 is 1.02 bits per heavy atom. The van der Waals surface area contributed by atoms with E-state index < -0.39 is 23.9 Å². The smallest absolute Gasteiger partial charge is 0.343 e. The first-order chi connectivity index (χ1) is 24.2. The molecule has 5 aromatic rings. The molecule has 5 aromatic carbocycles. The lowest BCUT2D eigenvalue weighted by Gasteiger charge is -2.34. The SMILES string of the molecule is Cc1ccc(C(=O)Oc2ccc(C(=O)Oc3ccc(C(=O)Oc4ccc(C(=O)Oc5ccc(N6CCN(C)CC6)cc5)cc4)cc3)cc2)cc1. The molecular weight excluding hydrogens is 636 g/mol. The van der Waals surface area contributed by atoms with E-state index in [-0.39, 0.29) is 28.4 Å². The van der Waals surface area contributed by atoms with Crippen molar-refractivity contribution in [2.24, 2.45) is 0 Å². The molecule has 1 aliphatic rings. The zero-order valence-corrected chi connectivity index (χ0v) is 27.5. The Bertz CT molecular complexity index is 1960. The summed E-state index contributed by atoms with van der Waals surface area (Å²) in [5, 5.41) is 0. The minimum Gasteiger partial charge on any atom is -0.423 e. The van der Waals surface area contributed by atoms with Crippen LogP contribution in [-0.4, -0.2) is 62.0 Å². The number of likely N-dealkylation sites (N-methyl/N-ethyl adjacent to an activating group) is 1. The standard InChI is InChI=1S/C40H34N2O8/c1-27-3-5-28(6-4-27)37(43)47-33-15-7-29(8-16-33)38(44)48-34-17-9-30(10-18-34)39(45)49-35-19-11-31(12-20-35)40(46)50-36-21-13-32(14-22-36)42-25-23-41(2)24-26-42/h3-22H,23-26H2,1-2H3. The first-order valence-electron chi connectivity index (χ1n) is 16.0. The number of hydrogen-bond donors (Lipinski definition) is 0. The number of rotatable bonds is 9. The van der Waals surface area contributed by atoms with E-state index in [1.165, 1.54) is 72.8 Å². The lowest BCUT2D eigenvalue weighted by molar-refractivity contribution is 0.0722. The Morgan fingerprint density at radius 2 is 0.700 bits per heavy atom. The van der Waals surface area contributed by atoms with Crippen LogP contribution in [0.2, 0.25) is 0 Å². The van der Waals surface area contributed by atoms with Gasteiger partial charge in [-0.25, -0.2) is 19.2 Å². The van der Waals surface area contributed by atoms with Gasteiger partial charge in [-0.2, -0.15) is 0 Å². The highest BCUT2D eigenvalue weighted by molar-refractivity contribution is 5.94. The molecule has 0 atom stereocenters. The number of ether oxygens (including phenoxy) is 4. The number of benzene rings is 5. The van der Waals surface area contributed by atoms with E-state index in [2.05, 4.69) is 16.8 Å². The fourth-order valence-corrected chi connectivity index (χ4v) is 5.12. The molecule has 1 aliphatic heterocycles. The van der Waals surface area contributed by atoms with E-state index >= 15 is 0 Å². The number of aryl methyl sites for hydroxylation is 1. The number of carbonyl (C=O) groups is 4. The Balaban J connectivity index is 0.969. The van der Waals surface area contributed by atoms with Gasteiger partial charge in [-0.1, -0.05) is 17.7 Å². The van der Waals surface area contributed by atoms with E-state index in [4.69, 9.17) is 18.9 Å². The van der Waals surface area contributed by atoms with Gasteiger partial charge < -0.3 is 28.7 Å². The number of piperazine rings is 1. The molecule has 0 radical (unpaired) electrons. The van der Waals surface area contributed by atoms with Crippen LogP contribution >= 0.6 is 0 Å². The summed E-state index contributed by atoms with van der Waals surface area (Å²) in [5.74, 6) is -1.11. The summed E-state index contributed by atoms with van der Waals surface area (Å²) in [5.41, 5.74) is 3.31. The molecule has 0 N–H and O–H groups in total. The monoisotopic (exact) mass is 670 g/mol. The van der Waals surface area contributed by atoms with Crippen LogP contribution in [0.4, 0.5) is 5.69 Å². The summed E-state index contributed by atoms with van der Waals surface area (Å²) in [7, 11) is 2.11. The molecule has 0 amide bonds. The van der Waals surface area contributed by atoms with Crippen LogP contribution in [-0.2, 0) is 0 Å². The first-order valence-corrected chi connectivity index (χ1v) is 16.0. The Morgan fingerprint density at radius 1 is 0.420 bits per heavy atom. The molecule has 1 fully saturated rings. The summed E-state index contributed by atoms with van der Waals surface area (Å²) in [6.45, 7) is 5.82. The van der Waals surface area contributed by atoms with Gasteiger partial charge in [0.25, 0.3) is 0 Å². The molecule has 0 bridgehead atoms. The van der Waals surface area contributed by atoms with Crippen molar-refractivity contribution < 1.29 is 38.1 Å². The lowest BCUT2D eigenvalue weighted by Crippen LogP contribution is -2.44. The van der Waals surface area contributed by atoms with E-state index in [0.717, 1.165) is 37.4 Å². The topological polar surface area (TPSA) is 112 Å². The molecule has 50 heavy (non-hydrogen) atoms. The fraction of sp³-hybridized carbons (Fsp3) is 0.150. The van der Waals surface area contributed by atoms with Crippen LogP contribution in [0.1, 0.15) is 47.0 Å². The molecule has 252 valence electrons. The molecule has 0 aromatic heterocycles. The Kier molecular flexibility index (Phi) is 10.3. The van der Waals surface area contributed by atoms with E-state index in [1.807, 2.05) is 31.2 Å². The summed E-state index contributed by atoms with van der Waals surface area (Å²) in [6.07, 6.45) is 0. The molecule has 10 heteroatoms. The Labute approximate surface area is 289 Å². The predicted molar refractivity (Wildman–Crippen MR) is 186 cm³/mol. The van der Waals surface area contributed by atoms with Crippen LogP contribution in [0, 0.1) is 6.92 Å². The second-order valence-corrected chi connectivity index (χ2v) is 11.8. The van der Waals surface area contributed by atoms with E-state index in [9.17, 15) is 19.2 Å². The molecular formula is C40H34N2O8. The van der Waals surface area contributed by atoms with Crippen molar-refractivity contribution in [1.29, 1.82) is 0 Å². The van der Waals surface area contributed by atoms with Crippen molar-refractivity contribution in [3.63, 3.8) is 0 Å². The van der Waals surface area contributed by atoms with E-state index in [1.54, 1.807) is 24.3 Å². The summed E-state index contributed by atoms with van der Waals surface area (Å²) >= 11 is 0. The van der Waals surface area contributed by atoms with E-state index in [0.29, 0.717) is 16.9 Å². The van der Waals surface area contributed by atoms with Gasteiger partial charge in [0.05, 0.1) is 22.3 Å². The normalized spacial score (nSPS) is 12.9. The minimum atomic E-state index is -0.630. The van der Waals surface area contributed by atoms with Gasteiger partial charge in [-0.3, -0.25) is 0 Å². The van der Waals surface area contributed by atoms with Gasteiger partial charge in [0.15, 0.2) is 0 Å². The van der Waals surface area contributed by atoms with Crippen LogP contribution in [0.25, 0.3) is 0 Å². The van der Waals surface area contributed by atoms with Gasteiger partial charge in [-0.05, 0) is 123 Å². The van der Waals surface area contributed by atoms with Gasteiger partial charge in [0, 0.05) is 31.9 Å². The molecule has 0 unspecified atom stereocenters. The summed E-state index contributed by atoms with van der Waals surface area (Å²) in [6, 6.07) is 32.4. The number of anilines is 1. The average Bonchev–Trinajstić information content (AvgIpc) is 3.13. The van der Waals surface area contributed by atoms with Crippen molar-refractivity contribution in [3.8, 4) is 23.0 Å². The highest BCUT2D eigenvalue weighted by Gasteiger charge is 2.17. The first kappa shape index (κ1) is 33.6. The van der Waals surface area contributed by atoms with Crippen molar-refractivity contribution in [3.05, 3.63) is 149 Å². The van der Waals surface area contributed by atoms with Crippen LogP contribution < -0.4 is 23.8 Å². The average molecular weight is 671 g/mol. The lowest BCUT2D eigenvalue weighted by atomic mass is 10.1. The second-order valence-electron chi connectivity index (χ2n) is 11.8. The molecule has 1 heterocycles. The third kappa shape index (κ3) is 8.60. The third-order valence-electron chi connectivity index (χ3n) is 8.10. The minimum absolute atomic E-state index is 0.221. The highest BCUT2D eigenvalue weighted by atomic mass is 16.5. The van der Waals surface area contributed by atoms with Gasteiger partial charge in [-0.15, -0.1) is 0 Å². The summed E-state index contributed by atoms with van der Waals surface area (Å²) < 4.78 is 21.8.